The van der Waals surface area contributed by atoms with Gasteiger partial charge in [0.15, 0.2) is 0 Å². The van der Waals surface area contributed by atoms with Crippen molar-refractivity contribution in [2.45, 2.75) is 38.7 Å². The Hall–Kier alpha value is -1.13. The van der Waals surface area contributed by atoms with E-state index in [1.54, 1.807) is 13.2 Å². The van der Waals surface area contributed by atoms with Gasteiger partial charge < -0.3 is 10.1 Å². The largest absolute Gasteiger partial charge is 0.378 e. The van der Waals surface area contributed by atoms with E-state index < -0.39 is 0 Å². The maximum absolute atomic E-state index is 5.96. The van der Waals surface area contributed by atoms with E-state index in [2.05, 4.69) is 21.4 Å². The van der Waals surface area contributed by atoms with Crippen LogP contribution in [0.25, 0.3) is 0 Å². The van der Waals surface area contributed by atoms with Gasteiger partial charge in [0, 0.05) is 13.7 Å². The van der Waals surface area contributed by atoms with Gasteiger partial charge in [0.1, 0.15) is 5.15 Å². The summed E-state index contributed by atoms with van der Waals surface area (Å²) in [5, 5.41) is 3.67. The normalized spacial score (nSPS) is 15.2. The smallest absolute Gasteiger partial charge is 0.224 e. The number of aromatic nitrogens is 2. The number of hydrogen-bond acceptors (Lipinski definition) is 4. The van der Waals surface area contributed by atoms with Crippen LogP contribution in [0, 0.1) is 0 Å². The van der Waals surface area contributed by atoms with Crippen molar-refractivity contribution in [2.24, 2.45) is 0 Å². The highest BCUT2D eigenvalue weighted by atomic mass is 35.5. The average Bonchev–Trinajstić information content (AvgIpc) is 2.40. The average molecular weight is 282 g/mol. The lowest BCUT2D eigenvalue weighted by Gasteiger charge is -2.13. The zero-order chi connectivity index (χ0) is 13.5. The monoisotopic (exact) mass is 281 g/mol. The van der Waals surface area contributed by atoms with Gasteiger partial charge in [0.25, 0.3) is 0 Å². The van der Waals surface area contributed by atoms with Crippen molar-refractivity contribution in [3.63, 3.8) is 0 Å². The van der Waals surface area contributed by atoms with Gasteiger partial charge in [-0.15, -0.1) is 0 Å². The predicted molar refractivity (Wildman–Crippen MR) is 77.4 cm³/mol. The molecule has 19 heavy (non-hydrogen) atoms. The molecule has 0 unspecified atom stereocenters. The highest BCUT2D eigenvalue weighted by molar-refractivity contribution is 6.29. The van der Waals surface area contributed by atoms with Gasteiger partial charge in [-0.1, -0.05) is 23.3 Å². The first-order valence-corrected chi connectivity index (χ1v) is 7.10. The van der Waals surface area contributed by atoms with E-state index in [1.807, 2.05) is 0 Å². The number of halogens is 1. The standard InChI is InChI=1S/C14H20ClN3O/c1-19-10-12-9-13(15)18-14(17-12)16-8-7-11-5-3-2-4-6-11/h5,9H,2-4,6-8,10H2,1H3,(H,16,17,18). The second-order valence-electron chi connectivity index (χ2n) is 4.72. The van der Waals surface area contributed by atoms with Gasteiger partial charge >= 0.3 is 0 Å². The Morgan fingerprint density at radius 1 is 1.37 bits per heavy atom. The highest BCUT2D eigenvalue weighted by Gasteiger charge is 2.05. The Morgan fingerprint density at radius 2 is 2.26 bits per heavy atom. The van der Waals surface area contributed by atoms with Crippen LogP contribution < -0.4 is 5.32 Å². The molecule has 1 aromatic rings. The van der Waals surface area contributed by atoms with Gasteiger partial charge in [-0.2, -0.15) is 0 Å². The number of rotatable bonds is 6. The minimum Gasteiger partial charge on any atom is -0.378 e. The third kappa shape index (κ3) is 4.80. The molecule has 0 aliphatic heterocycles. The molecule has 0 spiro atoms. The van der Waals surface area contributed by atoms with Crippen molar-refractivity contribution in [3.05, 3.63) is 28.6 Å². The van der Waals surface area contributed by atoms with E-state index >= 15 is 0 Å². The Morgan fingerprint density at radius 3 is 3.00 bits per heavy atom. The maximum Gasteiger partial charge on any atom is 0.224 e. The number of nitrogens with zero attached hydrogens (tertiary/aromatic N) is 2. The van der Waals surface area contributed by atoms with Crippen LogP contribution in [0.15, 0.2) is 17.7 Å². The lowest BCUT2D eigenvalue weighted by Crippen LogP contribution is -2.08. The highest BCUT2D eigenvalue weighted by Crippen LogP contribution is 2.20. The molecule has 0 atom stereocenters. The molecule has 1 aliphatic rings. The Kier molecular flexibility index (Phi) is 5.61. The third-order valence-electron chi connectivity index (χ3n) is 3.15. The summed E-state index contributed by atoms with van der Waals surface area (Å²) in [5.41, 5.74) is 2.33. The Labute approximate surface area is 119 Å². The first kappa shape index (κ1) is 14.3. The molecule has 104 valence electrons. The fourth-order valence-corrected chi connectivity index (χ4v) is 2.44. The molecular weight excluding hydrogens is 262 g/mol. The summed E-state index contributed by atoms with van der Waals surface area (Å²) in [4.78, 5) is 8.52. The van der Waals surface area contributed by atoms with E-state index in [0.29, 0.717) is 17.7 Å². The van der Waals surface area contributed by atoms with Crippen LogP contribution in [0.5, 0.6) is 0 Å². The molecule has 0 amide bonds. The summed E-state index contributed by atoms with van der Waals surface area (Å²) < 4.78 is 5.05. The molecule has 1 aliphatic carbocycles. The third-order valence-corrected chi connectivity index (χ3v) is 3.35. The topological polar surface area (TPSA) is 47.0 Å². The van der Waals surface area contributed by atoms with Crippen LogP contribution in [0.2, 0.25) is 5.15 Å². The minimum absolute atomic E-state index is 0.446. The van der Waals surface area contributed by atoms with E-state index in [-0.39, 0.29) is 0 Å². The molecule has 2 rings (SSSR count). The Bertz CT molecular complexity index is 448. The lowest BCUT2D eigenvalue weighted by molar-refractivity contribution is 0.181. The number of methoxy groups -OCH3 is 1. The summed E-state index contributed by atoms with van der Waals surface area (Å²) in [6.45, 7) is 1.29. The quantitative estimate of drug-likeness (QED) is 0.639. The van der Waals surface area contributed by atoms with Crippen LogP contribution >= 0.6 is 11.6 Å². The SMILES string of the molecule is COCc1cc(Cl)nc(NCCC2=CCCCC2)n1. The van der Waals surface area contributed by atoms with E-state index in [0.717, 1.165) is 18.7 Å². The summed E-state index contributed by atoms with van der Waals surface area (Å²) in [7, 11) is 1.64. The first-order valence-electron chi connectivity index (χ1n) is 6.72. The molecule has 1 N–H and O–H groups in total. The van der Waals surface area contributed by atoms with Gasteiger partial charge in [-0.05, 0) is 38.2 Å². The summed E-state index contributed by atoms with van der Waals surface area (Å²) in [6, 6.07) is 1.72. The number of hydrogen-bond donors (Lipinski definition) is 1. The number of allylic oxidation sites excluding steroid dienone is 1. The molecule has 0 saturated carbocycles. The summed E-state index contributed by atoms with van der Waals surface area (Å²) >= 11 is 5.96. The van der Waals surface area contributed by atoms with Crippen LogP contribution in [-0.2, 0) is 11.3 Å². The van der Waals surface area contributed by atoms with Crippen molar-refractivity contribution in [2.75, 3.05) is 19.0 Å². The fraction of sp³-hybridized carbons (Fsp3) is 0.571. The molecule has 1 heterocycles. The maximum atomic E-state index is 5.96. The van der Waals surface area contributed by atoms with Crippen LogP contribution in [0.3, 0.4) is 0 Å². The van der Waals surface area contributed by atoms with Crippen LogP contribution in [0.4, 0.5) is 5.95 Å². The van der Waals surface area contributed by atoms with Crippen molar-refractivity contribution >= 4 is 17.5 Å². The van der Waals surface area contributed by atoms with Crippen LogP contribution in [-0.4, -0.2) is 23.6 Å². The molecule has 0 saturated heterocycles. The molecule has 0 fully saturated rings. The van der Waals surface area contributed by atoms with E-state index in [1.165, 1.54) is 31.3 Å². The second kappa shape index (κ2) is 7.46. The second-order valence-corrected chi connectivity index (χ2v) is 5.11. The first-order chi connectivity index (χ1) is 9.28. The molecular formula is C14H20ClN3O. The molecule has 0 radical (unpaired) electrons. The van der Waals surface area contributed by atoms with Crippen LogP contribution in [0.1, 0.15) is 37.8 Å². The minimum atomic E-state index is 0.446. The van der Waals surface area contributed by atoms with E-state index in [9.17, 15) is 0 Å². The van der Waals surface area contributed by atoms with Crippen molar-refractivity contribution in [3.8, 4) is 0 Å². The number of ether oxygens (including phenoxy) is 1. The zero-order valence-electron chi connectivity index (χ0n) is 11.3. The van der Waals surface area contributed by atoms with Gasteiger partial charge in [0.2, 0.25) is 5.95 Å². The van der Waals surface area contributed by atoms with Crippen molar-refractivity contribution < 1.29 is 4.74 Å². The van der Waals surface area contributed by atoms with Gasteiger partial charge in [-0.25, -0.2) is 9.97 Å². The van der Waals surface area contributed by atoms with Gasteiger partial charge in [-0.3, -0.25) is 0 Å². The number of anilines is 1. The summed E-state index contributed by atoms with van der Waals surface area (Å²) in [5.74, 6) is 0.580. The molecule has 5 heteroatoms. The number of nitrogens with one attached hydrogen (secondary N) is 1. The molecule has 0 aromatic carbocycles. The van der Waals surface area contributed by atoms with E-state index in [4.69, 9.17) is 16.3 Å². The molecule has 4 nitrogen and oxygen atoms in total. The lowest BCUT2D eigenvalue weighted by atomic mass is 9.97. The van der Waals surface area contributed by atoms with Gasteiger partial charge in [0.05, 0.1) is 12.3 Å². The Balaban J connectivity index is 1.86. The zero-order valence-corrected chi connectivity index (χ0v) is 12.0. The molecule has 1 aromatic heterocycles. The van der Waals surface area contributed by atoms with Crippen molar-refractivity contribution in [1.29, 1.82) is 0 Å². The van der Waals surface area contributed by atoms with Crippen molar-refractivity contribution in [1.82, 2.24) is 9.97 Å². The molecule has 0 bridgehead atoms. The predicted octanol–water partition coefficient (Wildman–Crippen LogP) is 3.58. The summed E-state index contributed by atoms with van der Waals surface area (Å²) in [6.07, 6.45) is 8.51. The fourth-order valence-electron chi connectivity index (χ4n) is 2.23.